The highest BCUT2D eigenvalue weighted by molar-refractivity contribution is 5.42. The van der Waals surface area contributed by atoms with E-state index in [4.69, 9.17) is 5.73 Å². The first-order valence-corrected chi connectivity index (χ1v) is 6.66. The van der Waals surface area contributed by atoms with Crippen molar-refractivity contribution in [3.63, 3.8) is 0 Å². The number of aryl methyl sites for hydroxylation is 2. The number of hydrogen-bond acceptors (Lipinski definition) is 2. The lowest BCUT2D eigenvalue weighted by molar-refractivity contribution is 0.304. The maximum atomic E-state index is 5.93. The molecule has 0 saturated carbocycles. The van der Waals surface area contributed by atoms with E-state index in [-0.39, 0.29) is 5.41 Å². The predicted octanol–water partition coefficient (Wildman–Crippen LogP) is 3.16. The molecule has 0 aliphatic heterocycles. The fraction of sp³-hybridized carbons (Fsp3) is 0.625. The molecule has 102 valence electrons. The number of hydrogen-bond donors (Lipinski definition) is 1. The van der Waals surface area contributed by atoms with Crippen LogP contribution in [0.3, 0.4) is 0 Å². The first kappa shape index (κ1) is 15.2. The van der Waals surface area contributed by atoms with Crippen LogP contribution in [-0.2, 0) is 5.41 Å². The van der Waals surface area contributed by atoms with Crippen molar-refractivity contribution in [2.75, 3.05) is 20.6 Å². The Hall–Kier alpha value is -0.860. The van der Waals surface area contributed by atoms with Gasteiger partial charge in [0.1, 0.15) is 0 Å². The highest BCUT2D eigenvalue weighted by Gasteiger charge is 2.20. The third-order valence-corrected chi connectivity index (χ3v) is 3.64. The number of nitrogens with two attached hydrogens (primary N) is 1. The molecular weight excluding hydrogens is 220 g/mol. The molecule has 0 fully saturated rings. The van der Waals surface area contributed by atoms with Gasteiger partial charge in [-0.3, -0.25) is 0 Å². The van der Waals surface area contributed by atoms with Gasteiger partial charge in [0.05, 0.1) is 0 Å². The minimum atomic E-state index is 0.199. The van der Waals surface area contributed by atoms with Gasteiger partial charge >= 0.3 is 0 Å². The molecule has 0 aromatic heterocycles. The van der Waals surface area contributed by atoms with Crippen molar-refractivity contribution in [2.45, 2.75) is 46.1 Å². The van der Waals surface area contributed by atoms with Crippen LogP contribution in [0.5, 0.6) is 0 Å². The van der Waals surface area contributed by atoms with Gasteiger partial charge in [-0.2, -0.15) is 0 Å². The minimum absolute atomic E-state index is 0.199. The van der Waals surface area contributed by atoms with Crippen LogP contribution in [0.15, 0.2) is 12.1 Å². The van der Waals surface area contributed by atoms with Crippen LogP contribution in [0.4, 0.5) is 0 Å². The summed E-state index contributed by atoms with van der Waals surface area (Å²) in [5.41, 5.74) is 11.6. The first-order chi connectivity index (χ1) is 8.18. The smallest absolute Gasteiger partial charge is 0.0469 e. The Kier molecular flexibility index (Phi) is 4.57. The summed E-state index contributed by atoms with van der Waals surface area (Å²) in [6.45, 7) is 11.8. The zero-order chi connectivity index (χ0) is 14.1. The van der Waals surface area contributed by atoms with Crippen molar-refractivity contribution in [1.82, 2.24) is 4.90 Å². The number of benzene rings is 1. The van der Waals surface area contributed by atoms with Crippen LogP contribution in [0.1, 0.15) is 49.1 Å². The number of likely N-dealkylation sites (N-methyl/N-ethyl adjacent to an activating group) is 1. The summed E-state index contributed by atoms with van der Waals surface area (Å²) in [4.78, 5) is 2.20. The molecular formula is C16H28N2. The second-order valence-corrected chi connectivity index (χ2v) is 6.49. The van der Waals surface area contributed by atoms with Crippen molar-refractivity contribution in [1.29, 1.82) is 0 Å². The van der Waals surface area contributed by atoms with Gasteiger partial charge in [0.25, 0.3) is 0 Å². The van der Waals surface area contributed by atoms with E-state index in [1.165, 1.54) is 22.3 Å². The highest BCUT2D eigenvalue weighted by Crippen LogP contribution is 2.31. The molecule has 1 rings (SSSR count). The molecule has 2 heteroatoms. The molecule has 0 heterocycles. The predicted molar refractivity (Wildman–Crippen MR) is 80.1 cm³/mol. The number of nitrogens with zero attached hydrogens (tertiary/aromatic N) is 1. The molecule has 0 bridgehead atoms. The maximum Gasteiger partial charge on any atom is 0.0469 e. The van der Waals surface area contributed by atoms with E-state index in [2.05, 4.69) is 65.7 Å². The van der Waals surface area contributed by atoms with Gasteiger partial charge in [0.2, 0.25) is 0 Å². The van der Waals surface area contributed by atoms with Crippen LogP contribution in [0.25, 0.3) is 0 Å². The van der Waals surface area contributed by atoms with E-state index in [9.17, 15) is 0 Å². The fourth-order valence-electron chi connectivity index (χ4n) is 2.52. The van der Waals surface area contributed by atoms with Crippen LogP contribution in [0.2, 0.25) is 0 Å². The van der Waals surface area contributed by atoms with Gasteiger partial charge in [-0.25, -0.2) is 0 Å². The van der Waals surface area contributed by atoms with Gasteiger partial charge in [-0.05, 0) is 55.6 Å². The van der Waals surface area contributed by atoms with Crippen LogP contribution >= 0.6 is 0 Å². The quantitative estimate of drug-likeness (QED) is 0.890. The fourth-order valence-corrected chi connectivity index (χ4v) is 2.52. The third kappa shape index (κ3) is 3.12. The molecule has 2 nitrogen and oxygen atoms in total. The van der Waals surface area contributed by atoms with Crippen molar-refractivity contribution < 1.29 is 0 Å². The summed E-state index contributed by atoms with van der Waals surface area (Å²) in [5, 5.41) is 0. The van der Waals surface area contributed by atoms with Crippen molar-refractivity contribution >= 4 is 0 Å². The van der Waals surface area contributed by atoms with Crippen LogP contribution < -0.4 is 5.73 Å². The minimum Gasteiger partial charge on any atom is -0.329 e. The van der Waals surface area contributed by atoms with Crippen molar-refractivity contribution in [3.05, 3.63) is 34.4 Å². The first-order valence-electron chi connectivity index (χ1n) is 6.66. The van der Waals surface area contributed by atoms with Gasteiger partial charge in [-0.1, -0.05) is 32.9 Å². The summed E-state index contributed by atoms with van der Waals surface area (Å²) >= 11 is 0. The largest absolute Gasteiger partial charge is 0.329 e. The Morgan fingerprint density at radius 2 is 1.56 bits per heavy atom. The molecule has 1 aromatic carbocycles. The molecule has 0 radical (unpaired) electrons. The maximum absolute atomic E-state index is 5.93. The molecule has 0 aliphatic carbocycles. The second-order valence-electron chi connectivity index (χ2n) is 6.49. The van der Waals surface area contributed by atoms with Crippen LogP contribution in [-0.4, -0.2) is 25.5 Å². The Bertz CT molecular complexity index is 391. The molecule has 0 saturated heterocycles. The van der Waals surface area contributed by atoms with Crippen molar-refractivity contribution in [2.24, 2.45) is 5.73 Å². The lowest BCUT2D eigenvalue weighted by Crippen LogP contribution is -2.29. The van der Waals surface area contributed by atoms with E-state index >= 15 is 0 Å². The van der Waals surface area contributed by atoms with E-state index in [0.29, 0.717) is 12.6 Å². The zero-order valence-corrected chi connectivity index (χ0v) is 13.0. The molecule has 0 aliphatic rings. The molecule has 1 aromatic rings. The zero-order valence-electron chi connectivity index (χ0n) is 13.0. The Morgan fingerprint density at radius 3 is 1.83 bits per heavy atom. The summed E-state index contributed by atoms with van der Waals surface area (Å²) in [6.07, 6.45) is 0. The Balaban J connectivity index is 3.32. The number of rotatable bonds is 3. The SMILES string of the molecule is Cc1cc(C(C)(C)C)cc(C)c1C(CN)N(C)C. The topological polar surface area (TPSA) is 29.3 Å². The second kappa shape index (κ2) is 5.41. The van der Waals surface area contributed by atoms with Gasteiger partial charge in [-0.15, -0.1) is 0 Å². The standard InChI is InChI=1S/C16H28N2/c1-11-8-13(16(3,4)5)9-12(2)15(11)14(10-17)18(6)7/h8-9,14H,10,17H2,1-7H3. The van der Waals surface area contributed by atoms with E-state index < -0.39 is 0 Å². The lowest BCUT2D eigenvalue weighted by Gasteiger charge is -2.29. The van der Waals surface area contributed by atoms with Gasteiger partial charge in [0.15, 0.2) is 0 Å². The van der Waals surface area contributed by atoms with Gasteiger partial charge < -0.3 is 10.6 Å². The average molecular weight is 248 g/mol. The monoisotopic (exact) mass is 248 g/mol. The third-order valence-electron chi connectivity index (χ3n) is 3.64. The lowest BCUT2D eigenvalue weighted by atomic mass is 9.82. The van der Waals surface area contributed by atoms with E-state index in [1.807, 2.05) is 0 Å². The van der Waals surface area contributed by atoms with Crippen molar-refractivity contribution in [3.8, 4) is 0 Å². The van der Waals surface area contributed by atoms with Crippen LogP contribution in [0, 0.1) is 13.8 Å². The molecule has 0 spiro atoms. The Labute approximate surface area is 112 Å². The molecule has 0 amide bonds. The van der Waals surface area contributed by atoms with Gasteiger partial charge in [0, 0.05) is 12.6 Å². The molecule has 2 N–H and O–H groups in total. The molecule has 1 unspecified atom stereocenters. The Morgan fingerprint density at radius 1 is 1.11 bits per heavy atom. The van der Waals surface area contributed by atoms with E-state index in [0.717, 1.165) is 0 Å². The summed E-state index contributed by atoms with van der Waals surface area (Å²) in [6, 6.07) is 4.93. The summed E-state index contributed by atoms with van der Waals surface area (Å²) in [7, 11) is 4.18. The summed E-state index contributed by atoms with van der Waals surface area (Å²) in [5.74, 6) is 0. The highest BCUT2D eigenvalue weighted by atomic mass is 15.1. The van der Waals surface area contributed by atoms with E-state index in [1.54, 1.807) is 0 Å². The average Bonchev–Trinajstić information content (AvgIpc) is 2.20. The normalized spacial score (nSPS) is 14.1. The summed E-state index contributed by atoms with van der Waals surface area (Å²) < 4.78 is 0. The molecule has 18 heavy (non-hydrogen) atoms. The molecule has 1 atom stereocenters.